The van der Waals surface area contributed by atoms with Crippen LogP contribution in [-0.2, 0) is 0 Å². The first-order chi connectivity index (χ1) is 6.42. The molecule has 68 valence electrons. The van der Waals surface area contributed by atoms with E-state index in [0.29, 0.717) is 0 Å². The molecule has 0 saturated carbocycles. The van der Waals surface area contributed by atoms with Crippen LogP contribution in [0, 0.1) is 3.70 Å². The third kappa shape index (κ3) is 1.88. The Kier molecular flexibility index (Phi) is 2.90. The van der Waals surface area contributed by atoms with Crippen LogP contribution in [0.4, 0.5) is 0 Å². The topological polar surface area (TPSA) is 25.8 Å². The zero-order valence-electron chi connectivity index (χ0n) is 7.07. The van der Waals surface area contributed by atoms with Gasteiger partial charge in [-0.25, -0.2) is 0 Å². The van der Waals surface area contributed by atoms with Gasteiger partial charge >= 0.3 is 91.7 Å². The summed E-state index contributed by atoms with van der Waals surface area (Å²) in [6, 6.07) is 10.3. The van der Waals surface area contributed by atoms with Crippen LogP contribution in [0.3, 0.4) is 0 Å². The summed E-state index contributed by atoms with van der Waals surface area (Å²) in [5.41, 5.74) is 1.24. The fraction of sp³-hybridized carbons (Fsp3) is 0.111. The van der Waals surface area contributed by atoms with Crippen LogP contribution in [0.2, 0.25) is 0 Å². The van der Waals surface area contributed by atoms with Gasteiger partial charge in [0.05, 0.1) is 0 Å². The fourth-order valence-electron chi connectivity index (χ4n) is 1.07. The molecule has 2 aromatic rings. The molecule has 0 unspecified atom stereocenters. The number of benzene rings is 1. The molecule has 1 aromatic heterocycles. The van der Waals surface area contributed by atoms with Crippen LogP contribution in [0.5, 0.6) is 0 Å². The van der Waals surface area contributed by atoms with Crippen LogP contribution in [0.15, 0.2) is 30.3 Å². The SMILES string of the molecule is C[I-]c1nnsc1-c1ccccc1. The molecule has 0 aliphatic rings. The monoisotopic (exact) mass is 303 g/mol. The molecule has 0 N–H and O–H groups in total. The Morgan fingerprint density at radius 3 is 2.69 bits per heavy atom. The minimum atomic E-state index is 0.0363. The zero-order chi connectivity index (χ0) is 9.10. The normalized spacial score (nSPS) is 10.5. The van der Waals surface area contributed by atoms with E-state index in [1.807, 2.05) is 18.2 Å². The van der Waals surface area contributed by atoms with Crippen molar-refractivity contribution in [1.82, 2.24) is 9.59 Å². The number of aromatic nitrogens is 2. The molecule has 0 fully saturated rings. The van der Waals surface area contributed by atoms with Crippen molar-refractivity contribution in [2.75, 3.05) is 4.93 Å². The second kappa shape index (κ2) is 4.15. The van der Waals surface area contributed by atoms with E-state index in [9.17, 15) is 0 Å². The van der Waals surface area contributed by atoms with Crippen molar-refractivity contribution in [2.24, 2.45) is 0 Å². The molecule has 1 heterocycles. The van der Waals surface area contributed by atoms with Crippen molar-refractivity contribution in [3.8, 4) is 10.4 Å². The third-order valence-electron chi connectivity index (χ3n) is 1.66. The molecule has 0 spiro atoms. The van der Waals surface area contributed by atoms with Crippen LogP contribution >= 0.6 is 11.5 Å². The van der Waals surface area contributed by atoms with Gasteiger partial charge in [-0.3, -0.25) is 0 Å². The summed E-state index contributed by atoms with van der Waals surface area (Å²) in [5, 5.41) is 4.13. The Bertz CT molecular complexity index is 386. The molecule has 0 bridgehead atoms. The first-order valence-electron chi connectivity index (χ1n) is 3.79. The number of alkyl halides is 1. The molecular weight excluding hydrogens is 295 g/mol. The molecule has 2 rings (SSSR count). The molecule has 0 radical (unpaired) electrons. The Balaban J connectivity index is 2.47. The summed E-state index contributed by atoms with van der Waals surface area (Å²) < 4.78 is 5.19. The van der Waals surface area contributed by atoms with Gasteiger partial charge in [-0.05, 0) is 0 Å². The summed E-state index contributed by atoms with van der Waals surface area (Å²) in [5.74, 6) is 0. The Morgan fingerprint density at radius 1 is 1.23 bits per heavy atom. The molecule has 2 nitrogen and oxygen atoms in total. The second-order valence-corrected chi connectivity index (χ2v) is 5.30. The van der Waals surface area contributed by atoms with E-state index < -0.39 is 0 Å². The predicted molar refractivity (Wildman–Crippen MR) is 50.0 cm³/mol. The van der Waals surface area contributed by atoms with Crippen molar-refractivity contribution >= 4 is 11.5 Å². The summed E-state index contributed by atoms with van der Waals surface area (Å²) in [4.78, 5) is 3.46. The molecule has 1 aromatic carbocycles. The van der Waals surface area contributed by atoms with E-state index in [2.05, 4.69) is 26.7 Å². The Morgan fingerprint density at radius 2 is 2.00 bits per heavy atom. The van der Waals surface area contributed by atoms with Gasteiger partial charge in [-0.1, -0.05) is 0 Å². The maximum atomic E-state index is 4.13. The van der Waals surface area contributed by atoms with Crippen LogP contribution in [0.1, 0.15) is 0 Å². The predicted octanol–water partition coefficient (Wildman–Crippen LogP) is -0.906. The van der Waals surface area contributed by atoms with Gasteiger partial charge in [0.2, 0.25) is 0 Å². The van der Waals surface area contributed by atoms with Crippen LogP contribution in [0.25, 0.3) is 10.4 Å². The van der Waals surface area contributed by atoms with E-state index in [1.54, 1.807) is 0 Å². The minimum absolute atomic E-state index is 0.0363. The van der Waals surface area contributed by atoms with Crippen molar-refractivity contribution in [2.45, 2.75) is 0 Å². The molecule has 13 heavy (non-hydrogen) atoms. The number of rotatable bonds is 2. The number of hydrogen-bond acceptors (Lipinski definition) is 3. The van der Waals surface area contributed by atoms with Gasteiger partial charge < -0.3 is 0 Å². The fourth-order valence-corrected chi connectivity index (χ4v) is 3.71. The molecule has 0 aliphatic carbocycles. The van der Waals surface area contributed by atoms with E-state index in [-0.39, 0.29) is 21.2 Å². The van der Waals surface area contributed by atoms with Gasteiger partial charge in [0.15, 0.2) is 0 Å². The van der Waals surface area contributed by atoms with Crippen molar-refractivity contribution in [1.29, 1.82) is 0 Å². The molecule has 0 aliphatic heterocycles. The number of hydrogen-bond donors (Lipinski definition) is 0. The summed E-state index contributed by atoms with van der Waals surface area (Å²) in [7, 11) is 0. The number of halogens is 1. The summed E-state index contributed by atoms with van der Waals surface area (Å²) >= 11 is 1.53. The maximum absolute atomic E-state index is 4.13. The van der Waals surface area contributed by atoms with Gasteiger partial charge in [-0.2, -0.15) is 0 Å². The summed E-state index contributed by atoms with van der Waals surface area (Å²) in [6.45, 7) is 0. The van der Waals surface area contributed by atoms with Crippen LogP contribution < -0.4 is 21.2 Å². The van der Waals surface area contributed by atoms with Crippen molar-refractivity contribution in [3.63, 3.8) is 0 Å². The van der Waals surface area contributed by atoms with Gasteiger partial charge in [0.1, 0.15) is 0 Å². The quantitative estimate of drug-likeness (QED) is 0.530. The van der Waals surface area contributed by atoms with E-state index in [1.165, 1.54) is 25.7 Å². The average Bonchev–Trinajstić information content (AvgIpc) is 2.67. The Hall–Kier alpha value is -0.490. The van der Waals surface area contributed by atoms with Gasteiger partial charge in [-0.15, -0.1) is 0 Å². The Labute approximate surface area is 91.4 Å². The molecule has 0 saturated heterocycles. The van der Waals surface area contributed by atoms with Crippen molar-refractivity contribution in [3.05, 3.63) is 34.0 Å². The average molecular weight is 303 g/mol. The van der Waals surface area contributed by atoms with E-state index in [4.69, 9.17) is 0 Å². The molecule has 4 heteroatoms. The van der Waals surface area contributed by atoms with Gasteiger partial charge in [0, 0.05) is 0 Å². The van der Waals surface area contributed by atoms with Crippen LogP contribution in [-0.4, -0.2) is 14.5 Å². The van der Waals surface area contributed by atoms with E-state index in [0.717, 1.165) is 0 Å². The van der Waals surface area contributed by atoms with E-state index >= 15 is 0 Å². The molecular formula is C9H8IN2S-. The third-order valence-corrected chi connectivity index (χ3v) is 4.58. The second-order valence-electron chi connectivity index (χ2n) is 2.45. The molecule has 0 atom stereocenters. The van der Waals surface area contributed by atoms with Gasteiger partial charge in [0.25, 0.3) is 0 Å². The summed E-state index contributed by atoms with van der Waals surface area (Å²) in [6.07, 6.45) is 0. The first kappa shape index (κ1) is 9.08. The zero-order valence-corrected chi connectivity index (χ0v) is 10.0. The van der Waals surface area contributed by atoms with Crippen molar-refractivity contribution < 1.29 is 21.2 Å². The number of nitrogens with zero attached hydrogens (tertiary/aromatic N) is 2. The standard InChI is InChI=1S/C9H8IN2S/c1-10-9-8(13-12-11-9)7-5-3-2-4-6-7/h2-6H,1H3/q-1. The molecule has 0 amide bonds. The first-order valence-corrected chi connectivity index (χ1v) is 7.80.